The van der Waals surface area contributed by atoms with Crippen LogP contribution >= 0.6 is 0 Å². The van der Waals surface area contributed by atoms with Crippen LogP contribution in [0.15, 0.2) is 54.6 Å². The van der Waals surface area contributed by atoms with Crippen molar-refractivity contribution in [3.8, 4) is 5.75 Å². The Hall–Kier alpha value is -2.68. The Balaban J connectivity index is 1.80. The van der Waals surface area contributed by atoms with Crippen molar-refractivity contribution < 1.29 is 4.74 Å². The third-order valence-electron chi connectivity index (χ3n) is 5.81. The zero-order chi connectivity index (χ0) is 21.2. The van der Waals surface area contributed by atoms with E-state index in [1.54, 1.807) is 7.11 Å². The summed E-state index contributed by atoms with van der Waals surface area (Å²) < 4.78 is 5.27. The van der Waals surface area contributed by atoms with Crippen molar-refractivity contribution >= 4 is 22.1 Å². The van der Waals surface area contributed by atoms with Crippen LogP contribution in [0.2, 0.25) is 0 Å². The molecule has 0 saturated heterocycles. The highest BCUT2D eigenvalue weighted by molar-refractivity contribution is 5.97. The van der Waals surface area contributed by atoms with Gasteiger partial charge in [0, 0.05) is 30.4 Å². The first-order chi connectivity index (χ1) is 13.7. The number of hydrogen-bond acceptors (Lipinski definition) is 3. The molecule has 0 amide bonds. The number of hydrogen-bond donors (Lipinski definition) is 1. The monoisotopic (exact) mass is 390 g/mol. The van der Waals surface area contributed by atoms with Crippen molar-refractivity contribution in [3.63, 3.8) is 0 Å². The zero-order valence-electron chi connectivity index (χ0n) is 18.6. The van der Waals surface area contributed by atoms with Crippen LogP contribution < -0.4 is 15.4 Å². The number of fused-ring (bicyclic) bond motifs is 1. The first kappa shape index (κ1) is 21.0. The lowest BCUT2D eigenvalue weighted by molar-refractivity contribution is 0.414. The van der Waals surface area contributed by atoms with E-state index in [-0.39, 0.29) is 5.41 Å². The summed E-state index contributed by atoms with van der Waals surface area (Å²) in [4.78, 5) is 2.33. The van der Waals surface area contributed by atoms with Gasteiger partial charge in [0.1, 0.15) is 5.75 Å². The molecule has 1 unspecified atom stereocenters. The SMILES string of the molecule is COc1ccc(C(C)CCN(C)c2cc(N)cc3cc(C(C)(C)C)ccc23)cc1. The Morgan fingerprint density at radius 1 is 1.00 bits per heavy atom. The quantitative estimate of drug-likeness (QED) is 0.498. The number of ether oxygens (including phenoxy) is 1. The molecule has 0 heterocycles. The average Bonchev–Trinajstić information content (AvgIpc) is 2.70. The maximum atomic E-state index is 6.26. The summed E-state index contributed by atoms with van der Waals surface area (Å²) in [6.07, 6.45) is 1.07. The summed E-state index contributed by atoms with van der Waals surface area (Å²) >= 11 is 0. The fourth-order valence-electron chi connectivity index (χ4n) is 3.76. The van der Waals surface area contributed by atoms with E-state index in [4.69, 9.17) is 10.5 Å². The highest BCUT2D eigenvalue weighted by Crippen LogP contribution is 2.33. The van der Waals surface area contributed by atoms with Crippen molar-refractivity contribution in [2.45, 2.75) is 45.4 Å². The molecule has 2 N–H and O–H groups in total. The average molecular weight is 391 g/mol. The van der Waals surface area contributed by atoms with E-state index in [0.29, 0.717) is 5.92 Å². The van der Waals surface area contributed by atoms with E-state index in [1.807, 2.05) is 12.1 Å². The summed E-state index contributed by atoms with van der Waals surface area (Å²) in [7, 11) is 3.86. The second kappa shape index (κ2) is 8.36. The molecule has 0 aliphatic rings. The van der Waals surface area contributed by atoms with Crippen LogP contribution in [-0.4, -0.2) is 20.7 Å². The highest BCUT2D eigenvalue weighted by atomic mass is 16.5. The number of rotatable bonds is 6. The molecule has 3 heteroatoms. The largest absolute Gasteiger partial charge is 0.497 e. The van der Waals surface area contributed by atoms with Crippen LogP contribution in [0, 0.1) is 0 Å². The van der Waals surface area contributed by atoms with Gasteiger partial charge in [-0.2, -0.15) is 0 Å². The van der Waals surface area contributed by atoms with Gasteiger partial charge in [-0.25, -0.2) is 0 Å². The topological polar surface area (TPSA) is 38.5 Å². The minimum atomic E-state index is 0.124. The van der Waals surface area contributed by atoms with Gasteiger partial charge in [-0.3, -0.25) is 0 Å². The van der Waals surface area contributed by atoms with Crippen LogP contribution in [0.1, 0.15) is 51.2 Å². The normalized spacial score (nSPS) is 12.8. The molecule has 0 radical (unpaired) electrons. The lowest BCUT2D eigenvalue weighted by Crippen LogP contribution is -2.20. The molecule has 0 spiro atoms. The Morgan fingerprint density at radius 3 is 2.31 bits per heavy atom. The maximum absolute atomic E-state index is 6.26. The molecule has 3 rings (SSSR count). The van der Waals surface area contributed by atoms with Gasteiger partial charge in [0.2, 0.25) is 0 Å². The Morgan fingerprint density at radius 2 is 1.69 bits per heavy atom. The van der Waals surface area contributed by atoms with Crippen LogP contribution in [0.3, 0.4) is 0 Å². The zero-order valence-corrected chi connectivity index (χ0v) is 18.6. The number of nitrogen functional groups attached to an aromatic ring is 1. The van der Waals surface area contributed by atoms with Gasteiger partial charge in [-0.05, 0) is 58.5 Å². The van der Waals surface area contributed by atoms with Crippen molar-refractivity contribution in [1.82, 2.24) is 0 Å². The molecule has 3 nitrogen and oxygen atoms in total. The van der Waals surface area contributed by atoms with E-state index < -0.39 is 0 Å². The number of anilines is 2. The molecule has 0 saturated carbocycles. The molecule has 0 aliphatic heterocycles. The van der Waals surface area contributed by atoms with Crippen molar-refractivity contribution in [2.75, 3.05) is 31.3 Å². The molecule has 154 valence electrons. The molecule has 0 aromatic heterocycles. The minimum absolute atomic E-state index is 0.124. The summed E-state index contributed by atoms with van der Waals surface area (Å²) in [6, 6.07) is 19.3. The van der Waals surface area contributed by atoms with Gasteiger partial charge >= 0.3 is 0 Å². The van der Waals surface area contributed by atoms with E-state index in [9.17, 15) is 0 Å². The third kappa shape index (κ3) is 4.84. The second-order valence-corrected chi connectivity index (χ2v) is 9.11. The minimum Gasteiger partial charge on any atom is -0.497 e. The molecular weight excluding hydrogens is 356 g/mol. The molecule has 29 heavy (non-hydrogen) atoms. The summed E-state index contributed by atoms with van der Waals surface area (Å²) in [5, 5.41) is 2.47. The van der Waals surface area contributed by atoms with Gasteiger partial charge < -0.3 is 15.4 Å². The first-order valence-electron chi connectivity index (χ1n) is 10.4. The van der Waals surface area contributed by atoms with Crippen molar-refractivity contribution in [1.29, 1.82) is 0 Å². The van der Waals surface area contributed by atoms with Crippen molar-refractivity contribution in [3.05, 3.63) is 65.7 Å². The Kier molecular flexibility index (Phi) is 6.07. The third-order valence-corrected chi connectivity index (χ3v) is 5.81. The highest BCUT2D eigenvalue weighted by Gasteiger charge is 2.16. The van der Waals surface area contributed by atoms with Gasteiger partial charge in [-0.1, -0.05) is 58.0 Å². The summed E-state index contributed by atoms with van der Waals surface area (Å²) in [6.45, 7) is 9.98. The van der Waals surface area contributed by atoms with E-state index in [1.165, 1.54) is 27.6 Å². The second-order valence-electron chi connectivity index (χ2n) is 9.11. The maximum Gasteiger partial charge on any atom is 0.118 e. The van der Waals surface area contributed by atoms with Crippen molar-refractivity contribution in [2.24, 2.45) is 0 Å². The Bertz CT molecular complexity index is 970. The molecule has 0 fully saturated rings. The fraction of sp³-hybridized carbons (Fsp3) is 0.385. The molecule has 0 aliphatic carbocycles. The smallest absolute Gasteiger partial charge is 0.118 e. The van der Waals surface area contributed by atoms with Crippen LogP contribution in [-0.2, 0) is 5.41 Å². The number of nitrogens with two attached hydrogens (primary N) is 1. The van der Waals surface area contributed by atoms with Gasteiger partial charge in [0.15, 0.2) is 0 Å². The van der Waals surface area contributed by atoms with E-state index in [2.05, 4.69) is 82.1 Å². The Labute approximate surface area is 175 Å². The molecule has 3 aromatic carbocycles. The lowest BCUT2D eigenvalue weighted by Gasteiger charge is -2.25. The predicted octanol–water partition coefficient (Wildman–Crippen LogP) is 6.36. The van der Waals surface area contributed by atoms with Crippen LogP contribution in [0.5, 0.6) is 5.75 Å². The molecule has 0 bridgehead atoms. The number of benzene rings is 3. The van der Waals surface area contributed by atoms with Gasteiger partial charge in [0.25, 0.3) is 0 Å². The number of nitrogens with zero attached hydrogens (tertiary/aromatic N) is 1. The van der Waals surface area contributed by atoms with E-state index in [0.717, 1.165) is 24.4 Å². The molecular formula is C26H34N2O. The lowest BCUT2D eigenvalue weighted by atomic mass is 9.85. The van der Waals surface area contributed by atoms with E-state index >= 15 is 0 Å². The number of methoxy groups -OCH3 is 1. The predicted molar refractivity (Wildman–Crippen MR) is 126 cm³/mol. The van der Waals surface area contributed by atoms with Gasteiger partial charge in [0.05, 0.1) is 7.11 Å². The fourth-order valence-corrected chi connectivity index (χ4v) is 3.76. The van der Waals surface area contributed by atoms with Crippen LogP contribution in [0.4, 0.5) is 11.4 Å². The van der Waals surface area contributed by atoms with Gasteiger partial charge in [-0.15, -0.1) is 0 Å². The van der Waals surface area contributed by atoms with Crippen LogP contribution in [0.25, 0.3) is 10.8 Å². The summed E-state index contributed by atoms with van der Waals surface area (Å²) in [5.74, 6) is 1.38. The standard InChI is InChI=1S/C26H34N2O/c1-18(19-7-10-23(29-6)11-8-19)13-14-28(5)25-17-22(27)16-20-15-21(26(2,3)4)9-12-24(20)25/h7-12,15-18H,13-14,27H2,1-6H3. The molecule has 1 atom stereocenters. The first-order valence-corrected chi connectivity index (χ1v) is 10.4. The molecule has 3 aromatic rings. The summed E-state index contributed by atoms with van der Waals surface area (Å²) in [5.41, 5.74) is 11.1.